The highest BCUT2D eigenvalue weighted by molar-refractivity contribution is 7.92. The van der Waals surface area contributed by atoms with Crippen molar-refractivity contribution in [2.45, 2.75) is 11.8 Å². The Kier molecular flexibility index (Phi) is 3.69. The maximum Gasteiger partial charge on any atom is 0.419 e. The SMILES string of the molecule is Cc1cc2oc(=O)n(C)c2cc1NS(=O)(=O)c1ccccc1Cl. The lowest BCUT2D eigenvalue weighted by Gasteiger charge is -2.11. The predicted molar refractivity (Wildman–Crippen MR) is 88.5 cm³/mol. The maximum absolute atomic E-state index is 12.5. The van der Waals surface area contributed by atoms with Gasteiger partial charge in [-0.25, -0.2) is 13.2 Å². The number of rotatable bonds is 3. The lowest BCUT2D eigenvalue weighted by atomic mass is 10.2. The molecule has 0 amide bonds. The molecule has 0 bridgehead atoms. The van der Waals surface area contributed by atoms with Crippen LogP contribution in [-0.2, 0) is 17.1 Å². The van der Waals surface area contributed by atoms with E-state index in [1.807, 2.05) is 0 Å². The van der Waals surface area contributed by atoms with Crippen molar-refractivity contribution in [3.05, 3.63) is 57.5 Å². The van der Waals surface area contributed by atoms with E-state index in [2.05, 4.69) is 4.72 Å². The van der Waals surface area contributed by atoms with Crippen molar-refractivity contribution < 1.29 is 12.8 Å². The van der Waals surface area contributed by atoms with Gasteiger partial charge in [0.05, 0.1) is 16.2 Å². The van der Waals surface area contributed by atoms with E-state index < -0.39 is 15.8 Å². The second-order valence-electron chi connectivity index (χ2n) is 5.10. The quantitative estimate of drug-likeness (QED) is 0.785. The van der Waals surface area contributed by atoms with Crippen LogP contribution in [0.25, 0.3) is 11.1 Å². The molecule has 8 heteroatoms. The van der Waals surface area contributed by atoms with Crippen molar-refractivity contribution in [3.63, 3.8) is 0 Å². The Balaban J connectivity index is 2.11. The predicted octanol–water partition coefficient (Wildman–Crippen LogP) is 2.89. The minimum Gasteiger partial charge on any atom is -0.408 e. The van der Waals surface area contributed by atoms with Gasteiger partial charge in [-0.3, -0.25) is 9.29 Å². The second-order valence-corrected chi connectivity index (χ2v) is 7.16. The van der Waals surface area contributed by atoms with Crippen LogP contribution < -0.4 is 10.5 Å². The lowest BCUT2D eigenvalue weighted by Crippen LogP contribution is -2.14. The summed E-state index contributed by atoms with van der Waals surface area (Å²) in [4.78, 5) is 11.5. The van der Waals surface area contributed by atoms with Gasteiger partial charge >= 0.3 is 5.76 Å². The van der Waals surface area contributed by atoms with E-state index in [0.29, 0.717) is 22.4 Å². The molecule has 0 radical (unpaired) electrons. The second kappa shape index (κ2) is 5.43. The number of nitrogens with one attached hydrogen (secondary N) is 1. The summed E-state index contributed by atoms with van der Waals surface area (Å²) in [5, 5.41) is 0.134. The van der Waals surface area contributed by atoms with Crippen molar-refractivity contribution >= 4 is 38.4 Å². The van der Waals surface area contributed by atoms with Gasteiger partial charge < -0.3 is 4.42 Å². The lowest BCUT2D eigenvalue weighted by molar-refractivity contribution is 0.528. The third kappa shape index (κ3) is 2.73. The van der Waals surface area contributed by atoms with Crippen LogP contribution in [0, 0.1) is 6.92 Å². The third-order valence-electron chi connectivity index (χ3n) is 3.51. The van der Waals surface area contributed by atoms with Gasteiger partial charge in [0, 0.05) is 7.05 Å². The molecule has 0 atom stereocenters. The summed E-state index contributed by atoms with van der Waals surface area (Å²) < 4.78 is 33.9. The van der Waals surface area contributed by atoms with Crippen molar-refractivity contribution in [3.8, 4) is 0 Å². The van der Waals surface area contributed by atoms with Gasteiger partial charge in [-0.15, -0.1) is 0 Å². The van der Waals surface area contributed by atoms with Crippen LogP contribution in [0.4, 0.5) is 5.69 Å². The van der Waals surface area contributed by atoms with Crippen molar-refractivity contribution in [2.75, 3.05) is 4.72 Å². The summed E-state index contributed by atoms with van der Waals surface area (Å²) in [6.45, 7) is 1.72. The summed E-state index contributed by atoms with van der Waals surface area (Å²) in [6.07, 6.45) is 0. The molecule has 0 saturated heterocycles. The summed E-state index contributed by atoms with van der Waals surface area (Å²) in [6, 6.07) is 9.35. The highest BCUT2D eigenvalue weighted by Gasteiger charge is 2.19. The van der Waals surface area contributed by atoms with Gasteiger partial charge in [-0.2, -0.15) is 0 Å². The fourth-order valence-electron chi connectivity index (χ4n) is 2.25. The number of aromatic nitrogens is 1. The Morgan fingerprint density at radius 2 is 1.91 bits per heavy atom. The summed E-state index contributed by atoms with van der Waals surface area (Å²) in [5.41, 5.74) is 1.88. The van der Waals surface area contributed by atoms with Gasteiger partial charge in [0.15, 0.2) is 5.58 Å². The summed E-state index contributed by atoms with van der Waals surface area (Å²) >= 11 is 5.96. The van der Waals surface area contributed by atoms with Crippen LogP contribution in [0.3, 0.4) is 0 Å². The van der Waals surface area contributed by atoms with Gasteiger partial charge in [-0.1, -0.05) is 23.7 Å². The highest BCUT2D eigenvalue weighted by atomic mass is 35.5. The molecule has 0 aliphatic heterocycles. The molecule has 1 N–H and O–H groups in total. The van der Waals surface area contributed by atoms with E-state index in [1.54, 1.807) is 38.2 Å². The number of hydrogen-bond donors (Lipinski definition) is 1. The minimum atomic E-state index is -3.84. The van der Waals surface area contributed by atoms with E-state index in [4.69, 9.17) is 16.0 Å². The fraction of sp³-hybridized carbons (Fsp3) is 0.133. The molecule has 120 valence electrons. The van der Waals surface area contributed by atoms with E-state index in [-0.39, 0.29) is 9.92 Å². The van der Waals surface area contributed by atoms with Crippen LogP contribution in [0.1, 0.15) is 5.56 Å². The van der Waals surface area contributed by atoms with Gasteiger partial charge in [0.25, 0.3) is 10.0 Å². The first-order valence-corrected chi connectivity index (χ1v) is 8.53. The molecule has 0 unspecified atom stereocenters. The molecule has 0 fully saturated rings. The molecule has 3 aromatic rings. The van der Waals surface area contributed by atoms with Gasteiger partial charge in [-0.05, 0) is 36.8 Å². The molecule has 6 nitrogen and oxygen atoms in total. The van der Waals surface area contributed by atoms with Crippen molar-refractivity contribution in [1.82, 2.24) is 4.57 Å². The monoisotopic (exact) mass is 352 g/mol. The van der Waals surface area contributed by atoms with Crippen LogP contribution in [0.2, 0.25) is 5.02 Å². The average Bonchev–Trinajstić information content (AvgIpc) is 2.74. The number of sulfonamides is 1. The standard InChI is InChI=1S/C15H13ClN2O4S/c1-9-7-13-12(18(2)15(19)22-13)8-11(9)17-23(20,21)14-6-4-3-5-10(14)16/h3-8,17H,1-2H3. The van der Waals surface area contributed by atoms with E-state index >= 15 is 0 Å². The zero-order chi connectivity index (χ0) is 16.8. The average molecular weight is 353 g/mol. The summed E-state index contributed by atoms with van der Waals surface area (Å²) in [7, 11) is -2.29. The Hall–Kier alpha value is -2.25. The Labute approximate surface area is 137 Å². The zero-order valence-corrected chi connectivity index (χ0v) is 13.9. The van der Waals surface area contributed by atoms with Crippen LogP contribution in [-0.4, -0.2) is 13.0 Å². The molecule has 0 aliphatic rings. The molecular formula is C15H13ClN2O4S. The number of oxazole rings is 1. The number of halogens is 1. The third-order valence-corrected chi connectivity index (χ3v) is 5.37. The molecule has 0 saturated carbocycles. The number of fused-ring (bicyclic) bond motifs is 1. The Bertz CT molecular complexity index is 1070. The van der Waals surface area contributed by atoms with E-state index in [1.165, 1.54) is 16.7 Å². The van der Waals surface area contributed by atoms with Crippen LogP contribution in [0.5, 0.6) is 0 Å². The molecule has 1 heterocycles. The molecule has 3 rings (SSSR count). The number of hydrogen-bond acceptors (Lipinski definition) is 4. The first-order chi connectivity index (χ1) is 10.8. The minimum absolute atomic E-state index is 0.0118. The largest absolute Gasteiger partial charge is 0.419 e. The molecular weight excluding hydrogens is 340 g/mol. The number of anilines is 1. The van der Waals surface area contributed by atoms with Crippen LogP contribution >= 0.6 is 11.6 Å². The first kappa shape index (κ1) is 15.6. The van der Waals surface area contributed by atoms with E-state index in [0.717, 1.165) is 0 Å². The molecule has 0 aliphatic carbocycles. The summed E-state index contributed by atoms with van der Waals surface area (Å²) in [5.74, 6) is -0.509. The highest BCUT2D eigenvalue weighted by Crippen LogP contribution is 2.27. The molecule has 23 heavy (non-hydrogen) atoms. The Morgan fingerprint density at radius 3 is 2.61 bits per heavy atom. The number of aryl methyl sites for hydroxylation is 2. The van der Waals surface area contributed by atoms with Crippen molar-refractivity contribution in [1.29, 1.82) is 0 Å². The first-order valence-electron chi connectivity index (χ1n) is 6.67. The smallest absolute Gasteiger partial charge is 0.408 e. The molecule has 2 aromatic carbocycles. The van der Waals surface area contributed by atoms with E-state index in [9.17, 15) is 13.2 Å². The molecule has 1 aromatic heterocycles. The van der Waals surface area contributed by atoms with Crippen molar-refractivity contribution in [2.24, 2.45) is 7.05 Å². The molecule has 0 spiro atoms. The number of benzene rings is 2. The Morgan fingerprint density at radius 1 is 1.22 bits per heavy atom. The number of nitrogens with zero attached hydrogens (tertiary/aromatic N) is 1. The fourth-order valence-corrected chi connectivity index (χ4v) is 3.89. The van der Waals surface area contributed by atoms with Crippen LogP contribution in [0.15, 0.2) is 50.5 Å². The zero-order valence-electron chi connectivity index (χ0n) is 12.3. The van der Waals surface area contributed by atoms with Gasteiger partial charge in [0.1, 0.15) is 4.90 Å². The normalized spacial score (nSPS) is 11.8. The topological polar surface area (TPSA) is 81.3 Å². The maximum atomic E-state index is 12.5. The van der Waals surface area contributed by atoms with Gasteiger partial charge in [0.2, 0.25) is 0 Å².